The first kappa shape index (κ1) is 32.7. The number of amides is 2. The summed E-state index contributed by atoms with van der Waals surface area (Å²) in [6.07, 6.45) is 5.58. The number of aromatic nitrogens is 1. The van der Waals surface area contributed by atoms with Crippen molar-refractivity contribution in [2.75, 3.05) is 44.0 Å². The number of carbonyl (C=O) groups is 2. The molecule has 1 aliphatic rings. The lowest BCUT2D eigenvalue weighted by molar-refractivity contribution is -0.120. The van der Waals surface area contributed by atoms with E-state index in [4.69, 9.17) is 14.2 Å². The highest BCUT2D eigenvalue weighted by atomic mass is 32.2. The lowest BCUT2D eigenvalue weighted by atomic mass is 9.95. The summed E-state index contributed by atoms with van der Waals surface area (Å²) in [6, 6.07) is 13.7. The van der Waals surface area contributed by atoms with E-state index in [0.29, 0.717) is 53.5 Å². The molecular weight excluding hydrogens is 604 g/mol. The Morgan fingerprint density at radius 3 is 2.50 bits per heavy atom. The number of rotatable bonds is 11. The van der Waals surface area contributed by atoms with Crippen LogP contribution in [0.5, 0.6) is 17.2 Å². The minimum Gasteiger partial charge on any atom is -0.493 e. The van der Waals surface area contributed by atoms with Crippen molar-refractivity contribution in [3.8, 4) is 28.4 Å². The Kier molecular flexibility index (Phi) is 10.1. The Morgan fingerprint density at radius 1 is 1.02 bits per heavy atom. The van der Waals surface area contributed by atoms with Crippen LogP contribution < -0.4 is 35.6 Å². The lowest BCUT2D eigenvalue weighted by Gasteiger charge is -2.19. The number of methoxy groups -OCH3 is 3. The van der Waals surface area contributed by atoms with Crippen LogP contribution in [0.2, 0.25) is 0 Å². The number of ether oxygens (including phenoxy) is 3. The van der Waals surface area contributed by atoms with Crippen molar-refractivity contribution in [2.45, 2.75) is 38.3 Å². The normalized spacial score (nSPS) is 14.3. The molecule has 0 bridgehead atoms. The quantitative estimate of drug-likeness (QED) is 0.195. The average molecular weight is 645 g/mol. The first-order chi connectivity index (χ1) is 22.2. The molecule has 0 fully saturated rings. The fraction of sp³-hybridized carbons (Fsp3) is 0.343. The number of benzene rings is 2. The number of anilines is 2. The van der Waals surface area contributed by atoms with Crippen molar-refractivity contribution in [1.82, 2.24) is 9.88 Å². The highest BCUT2D eigenvalue weighted by molar-refractivity contribution is 7.98. The maximum absolute atomic E-state index is 13.9. The molecule has 0 aliphatic heterocycles. The van der Waals surface area contributed by atoms with Gasteiger partial charge in [0.25, 0.3) is 0 Å². The molecule has 1 heterocycles. The number of carbonyl (C=O) groups excluding carboxylic acids is 2. The minimum absolute atomic E-state index is 0.205. The van der Waals surface area contributed by atoms with Crippen molar-refractivity contribution >= 4 is 45.9 Å². The SMILES string of the molecule is COc1cc2c(c(OC)c1OC)-c1ccc(NC(CCSC)C(=O)Nc3cccc4c3ccn4C)c(=O)cc1C(NC(C)=O)CC2. The van der Waals surface area contributed by atoms with Gasteiger partial charge in [-0.3, -0.25) is 14.4 Å². The third kappa shape index (κ3) is 6.50. The van der Waals surface area contributed by atoms with Gasteiger partial charge in [0.15, 0.2) is 11.5 Å². The van der Waals surface area contributed by atoms with E-state index < -0.39 is 12.1 Å². The Hall–Kier alpha value is -4.64. The smallest absolute Gasteiger partial charge is 0.246 e. The van der Waals surface area contributed by atoms with Crippen LogP contribution >= 0.6 is 11.8 Å². The minimum atomic E-state index is -0.682. The molecule has 0 saturated carbocycles. The molecule has 10 nitrogen and oxygen atoms in total. The summed E-state index contributed by atoms with van der Waals surface area (Å²) in [5, 5.41) is 10.3. The lowest BCUT2D eigenvalue weighted by Crippen LogP contribution is -2.36. The van der Waals surface area contributed by atoms with E-state index in [1.807, 2.05) is 60.5 Å². The van der Waals surface area contributed by atoms with Gasteiger partial charge in [-0.1, -0.05) is 12.1 Å². The van der Waals surface area contributed by atoms with E-state index in [1.54, 1.807) is 45.2 Å². The van der Waals surface area contributed by atoms with Crippen molar-refractivity contribution in [1.29, 1.82) is 0 Å². The van der Waals surface area contributed by atoms with Gasteiger partial charge < -0.3 is 34.7 Å². The molecule has 2 amide bonds. The van der Waals surface area contributed by atoms with E-state index in [9.17, 15) is 14.4 Å². The van der Waals surface area contributed by atoms with E-state index in [-0.39, 0.29) is 22.9 Å². The zero-order valence-electron chi connectivity index (χ0n) is 27.0. The van der Waals surface area contributed by atoms with Crippen molar-refractivity contribution in [2.24, 2.45) is 7.05 Å². The fourth-order valence-electron chi connectivity index (χ4n) is 6.15. The second kappa shape index (κ2) is 14.2. The molecule has 4 aromatic rings. The summed E-state index contributed by atoms with van der Waals surface area (Å²) < 4.78 is 19.2. The van der Waals surface area contributed by atoms with Gasteiger partial charge in [0, 0.05) is 36.6 Å². The Bertz CT molecular complexity index is 1840. The topological polar surface area (TPSA) is 120 Å². The van der Waals surface area contributed by atoms with Gasteiger partial charge in [-0.15, -0.1) is 0 Å². The average Bonchev–Trinajstić information content (AvgIpc) is 3.27. The van der Waals surface area contributed by atoms with Gasteiger partial charge >= 0.3 is 0 Å². The highest BCUT2D eigenvalue weighted by Crippen LogP contribution is 2.50. The summed E-state index contributed by atoms with van der Waals surface area (Å²) in [5.74, 6) is 1.70. The molecule has 2 unspecified atom stereocenters. The second-order valence-corrected chi connectivity index (χ2v) is 12.2. The number of hydrogen-bond donors (Lipinski definition) is 3. The fourth-order valence-corrected chi connectivity index (χ4v) is 6.62. The van der Waals surface area contributed by atoms with Crippen molar-refractivity contribution in [3.05, 3.63) is 76.1 Å². The largest absolute Gasteiger partial charge is 0.493 e. The zero-order chi connectivity index (χ0) is 33.0. The van der Waals surface area contributed by atoms with Gasteiger partial charge in [0.2, 0.25) is 23.0 Å². The standard InChI is InChI=1S/C35H40N4O6S/c1-20(40)36-26-12-10-21-18-31(43-3)33(44-4)34(45-5)32(21)22-11-13-27(30(41)19-24(22)26)37-28(15-17-46-6)35(42)38-25-8-7-9-29-23(25)14-16-39(29)2/h7-9,11,13-14,16,18-19,26,28H,10,12,15,17H2,1-6H3,(H,36,40)(H,37,41)(H,38,42). The van der Waals surface area contributed by atoms with Gasteiger partial charge in [-0.2, -0.15) is 11.8 Å². The van der Waals surface area contributed by atoms with Crippen LogP contribution in [0.1, 0.15) is 36.9 Å². The van der Waals surface area contributed by atoms with E-state index in [2.05, 4.69) is 16.0 Å². The van der Waals surface area contributed by atoms with Gasteiger partial charge in [-0.25, -0.2) is 0 Å². The Balaban J connectivity index is 1.59. The van der Waals surface area contributed by atoms with Crippen LogP contribution in [0.3, 0.4) is 0 Å². The molecule has 0 spiro atoms. The molecule has 0 saturated heterocycles. The number of thioether (sulfide) groups is 1. The Morgan fingerprint density at radius 2 is 1.80 bits per heavy atom. The monoisotopic (exact) mass is 644 g/mol. The number of hydrogen-bond acceptors (Lipinski definition) is 8. The molecule has 46 heavy (non-hydrogen) atoms. The number of fused-ring (bicyclic) bond motifs is 4. The van der Waals surface area contributed by atoms with Crippen LogP contribution in [0.4, 0.5) is 11.4 Å². The summed E-state index contributed by atoms with van der Waals surface area (Å²) in [7, 11) is 6.64. The molecule has 3 N–H and O–H groups in total. The van der Waals surface area contributed by atoms with Crippen LogP contribution in [0.25, 0.3) is 22.0 Å². The molecular formula is C35H40N4O6S. The number of aryl methyl sites for hydroxylation is 2. The first-order valence-electron chi connectivity index (χ1n) is 15.1. The van der Waals surface area contributed by atoms with Crippen molar-refractivity contribution < 1.29 is 23.8 Å². The summed E-state index contributed by atoms with van der Waals surface area (Å²) >= 11 is 1.63. The molecule has 2 atom stereocenters. The van der Waals surface area contributed by atoms with E-state index in [1.165, 1.54) is 6.92 Å². The second-order valence-electron chi connectivity index (χ2n) is 11.2. The van der Waals surface area contributed by atoms with E-state index >= 15 is 0 Å². The summed E-state index contributed by atoms with van der Waals surface area (Å²) in [5.41, 5.74) is 4.75. The first-order valence-corrected chi connectivity index (χ1v) is 16.5. The number of nitrogens with one attached hydrogen (secondary N) is 3. The maximum Gasteiger partial charge on any atom is 0.246 e. The van der Waals surface area contributed by atoms with Crippen LogP contribution in [0, 0.1) is 0 Å². The van der Waals surface area contributed by atoms with E-state index in [0.717, 1.165) is 27.6 Å². The van der Waals surface area contributed by atoms with Crippen LogP contribution in [-0.4, -0.2) is 55.8 Å². The summed E-state index contributed by atoms with van der Waals surface area (Å²) in [6.45, 7) is 1.46. The molecule has 5 rings (SSSR count). The molecule has 1 aromatic heterocycles. The third-order valence-electron chi connectivity index (χ3n) is 8.36. The van der Waals surface area contributed by atoms with Crippen molar-refractivity contribution in [3.63, 3.8) is 0 Å². The molecule has 242 valence electrons. The molecule has 0 radical (unpaired) electrons. The maximum atomic E-state index is 13.9. The van der Waals surface area contributed by atoms with Crippen LogP contribution in [0.15, 0.2) is 59.5 Å². The zero-order valence-corrected chi connectivity index (χ0v) is 27.8. The van der Waals surface area contributed by atoms with Crippen LogP contribution in [-0.2, 0) is 23.1 Å². The Labute approximate surface area is 272 Å². The predicted octanol–water partition coefficient (Wildman–Crippen LogP) is 5.53. The molecule has 3 aromatic carbocycles. The van der Waals surface area contributed by atoms with Gasteiger partial charge in [0.05, 0.1) is 38.7 Å². The summed E-state index contributed by atoms with van der Waals surface area (Å²) in [4.78, 5) is 39.9. The third-order valence-corrected chi connectivity index (χ3v) is 9.00. The number of nitrogens with zero attached hydrogens (tertiary/aromatic N) is 1. The molecule has 11 heteroatoms. The highest BCUT2D eigenvalue weighted by Gasteiger charge is 2.30. The van der Waals surface area contributed by atoms with Gasteiger partial charge in [0.1, 0.15) is 6.04 Å². The predicted molar refractivity (Wildman–Crippen MR) is 185 cm³/mol. The molecule has 1 aliphatic carbocycles. The van der Waals surface area contributed by atoms with Gasteiger partial charge in [-0.05, 0) is 84.4 Å².